The number of ether oxygens (including phenoxy) is 2. The van der Waals surface area contributed by atoms with E-state index in [1.807, 2.05) is 0 Å². The van der Waals surface area contributed by atoms with Gasteiger partial charge in [-0.1, -0.05) is 6.42 Å². The Morgan fingerprint density at radius 1 is 1.30 bits per heavy atom. The molecule has 1 fully saturated rings. The number of hydrogen-bond acceptors (Lipinski definition) is 5. The molecule has 20 heavy (non-hydrogen) atoms. The summed E-state index contributed by atoms with van der Waals surface area (Å²) in [7, 11) is 1.48. The zero-order chi connectivity index (χ0) is 14.5. The Morgan fingerprint density at radius 3 is 2.65 bits per heavy atom. The number of nitrogens with two attached hydrogens (primary N) is 1. The maximum absolute atomic E-state index is 10.9. The van der Waals surface area contributed by atoms with E-state index >= 15 is 0 Å². The van der Waals surface area contributed by atoms with Crippen LogP contribution in [0.15, 0.2) is 18.2 Å². The van der Waals surface area contributed by atoms with E-state index in [2.05, 4.69) is 0 Å². The first kappa shape index (κ1) is 14.6. The summed E-state index contributed by atoms with van der Waals surface area (Å²) in [6.07, 6.45) is 4.29. The average molecular weight is 280 g/mol. The molecule has 0 radical (unpaired) electrons. The van der Waals surface area contributed by atoms with Crippen LogP contribution in [0.5, 0.6) is 11.5 Å². The third-order valence-corrected chi connectivity index (χ3v) is 3.74. The van der Waals surface area contributed by atoms with Gasteiger partial charge in [0.1, 0.15) is 17.6 Å². The Bertz CT molecular complexity index is 478. The average Bonchev–Trinajstić information content (AvgIpc) is 2.47. The summed E-state index contributed by atoms with van der Waals surface area (Å²) in [5.74, 6) is 1.21. The number of nitro groups is 1. The second-order valence-electron chi connectivity index (χ2n) is 5.06. The number of rotatable bonds is 5. The summed E-state index contributed by atoms with van der Waals surface area (Å²) in [5, 5.41) is 10.9. The van der Waals surface area contributed by atoms with Crippen molar-refractivity contribution in [1.82, 2.24) is 0 Å². The molecule has 2 N–H and O–H groups in total. The molecule has 0 aromatic heterocycles. The first-order valence-electron chi connectivity index (χ1n) is 6.84. The Morgan fingerprint density at radius 2 is 2.00 bits per heavy atom. The van der Waals surface area contributed by atoms with Gasteiger partial charge in [0, 0.05) is 12.0 Å². The van der Waals surface area contributed by atoms with Gasteiger partial charge in [0.15, 0.2) is 0 Å². The van der Waals surface area contributed by atoms with Gasteiger partial charge < -0.3 is 15.2 Å². The lowest BCUT2D eigenvalue weighted by Gasteiger charge is -2.31. The molecule has 1 aromatic carbocycles. The molecule has 6 nitrogen and oxygen atoms in total. The van der Waals surface area contributed by atoms with E-state index in [-0.39, 0.29) is 11.8 Å². The maximum Gasteiger partial charge on any atom is 0.276 e. The van der Waals surface area contributed by atoms with Gasteiger partial charge in [-0.15, -0.1) is 0 Å². The van der Waals surface area contributed by atoms with Gasteiger partial charge in [-0.25, -0.2) is 0 Å². The van der Waals surface area contributed by atoms with Crippen molar-refractivity contribution in [3.8, 4) is 11.5 Å². The lowest BCUT2D eigenvalue weighted by molar-refractivity contribution is -0.385. The van der Waals surface area contributed by atoms with Crippen LogP contribution in [0.4, 0.5) is 5.69 Å². The molecule has 2 unspecified atom stereocenters. The number of nitro benzene ring substituents is 1. The molecule has 6 heteroatoms. The first-order chi connectivity index (χ1) is 9.63. The largest absolute Gasteiger partial charge is 0.496 e. The molecule has 0 saturated heterocycles. The predicted octanol–water partition coefficient (Wildman–Crippen LogP) is 2.50. The smallest absolute Gasteiger partial charge is 0.276 e. The zero-order valence-electron chi connectivity index (χ0n) is 11.6. The molecule has 0 bridgehead atoms. The predicted molar refractivity (Wildman–Crippen MR) is 75.1 cm³/mol. The standard InChI is InChI=1S/C14H20N2O4/c1-19-12-6-11(16(17)18)7-13(8-12)20-14-5-3-2-4-10(14)9-15/h6-8,10,14H,2-5,9,15H2,1H3. The van der Waals surface area contributed by atoms with Gasteiger partial charge in [-0.3, -0.25) is 10.1 Å². The maximum atomic E-state index is 10.9. The number of benzene rings is 1. The van der Waals surface area contributed by atoms with Crippen LogP contribution in [0, 0.1) is 16.0 Å². The molecule has 2 rings (SSSR count). The van der Waals surface area contributed by atoms with Crippen molar-refractivity contribution in [3.63, 3.8) is 0 Å². The molecule has 1 aliphatic carbocycles. The summed E-state index contributed by atoms with van der Waals surface area (Å²) in [6, 6.07) is 4.49. The first-order valence-corrected chi connectivity index (χ1v) is 6.84. The molecule has 0 aliphatic heterocycles. The monoisotopic (exact) mass is 280 g/mol. The van der Waals surface area contributed by atoms with E-state index in [4.69, 9.17) is 15.2 Å². The van der Waals surface area contributed by atoms with E-state index < -0.39 is 4.92 Å². The summed E-state index contributed by atoms with van der Waals surface area (Å²) in [6.45, 7) is 0.580. The summed E-state index contributed by atoms with van der Waals surface area (Å²) in [4.78, 5) is 10.5. The van der Waals surface area contributed by atoms with Crippen molar-refractivity contribution in [2.75, 3.05) is 13.7 Å². The van der Waals surface area contributed by atoms with E-state index in [9.17, 15) is 10.1 Å². The number of hydrogen-bond donors (Lipinski definition) is 1. The summed E-state index contributed by atoms with van der Waals surface area (Å²) in [5.41, 5.74) is 5.74. The highest BCUT2D eigenvalue weighted by molar-refractivity contribution is 5.46. The van der Waals surface area contributed by atoms with E-state index in [0.717, 1.165) is 19.3 Å². The van der Waals surface area contributed by atoms with Gasteiger partial charge in [-0.05, 0) is 25.8 Å². The van der Waals surface area contributed by atoms with Gasteiger partial charge in [0.05, 0.1) is 24.2 Å². The van der Waals surface area contributed by atoms with Gasteiger partial charge >= 0.3 is 0 Å². The lowest BCUT2D eigenvalue weighted by Crippen LogP contribution is -2.35. The molecule has 1 aromatic rings. The fourth-order valence-corrected chi connectivity index (χ4v) is 2.62. The molecule has 1 aliphatic rings. The second kappa shape index (κ2) is 6.56. The van der Waals surface area contributed by atoms with E-state index in [1.165, 1.54) is 25.7 Å². The Balaban J connectivity index is 2.18. The van der Waals surface area contributed by atoms with Crippen molar-refractivity contribution in [2.24, 2.45) is 11.7 Å². The fourth-order valence-electron chi connectivity index (χ4n) is 2.62. The Labute approximate surface area is 118 Å². The molecule has 0 spiro atoms. The van der Waals surface area contributed by atoms with E-state index in [0.29, 0.717) is 24.0 Å². The van der Waals surface area contributed by atoms with Crippen LogP contribution >= 0.6 is 0 Å². The third kappa shape index (κ3) is 3.39. The minimum Gasteiger partial charge on any atom is -0.496 e. The van der Waals surface area contributed by atoms with Crippen molar-refractivity contribution < 1.29 is 14.4 Å². The van der Waals surface area contributed by atoms with Crippen LogP contribution in [0.1, 0.15) is 25.7 Å². The highest BCUT2D eigenvalue weighted by Gasteiger charge is 2.26. The van der Waals surface area contributed by atoms with Gasteiger partial charge in [0.25, 0.3) is 5.69 Å². The van der Waals surface area contributed by atoms with Crippen LogP contribution in [0.25, 0.3) is 0 Å². The summed E-state index contributed by atoms with van der Waals surface area (Å²) >= 11 is 0. The molecule has 0 heterocycles. The SMILES string of the molecule is COc1cc(OC2CCCCC2CN)cc([N+](=O)[O-])c1. The highest BCUT2D eigenvalue weighted by atomic mass is 16.6. The zero-order valence-corrected chi connectivity index (χ0v) is 11.6. The third-order valence-electron chi connectivity index (χ3n) is 3.74. The van der Waals surface area contributed by atoms with E-state index in [1.54, 1.807) is 6.07 Å². The number of methoxy groups -OCH3 is 1. The van der Waals surface area contributed by atoms with Gasteiger partial charge in [0.2, 0.25) is 0 Å². The lowest BCUT2D eigenvalue weighted by atomic mass is 9.86. The normalized spacial score (nSPS) is 22.3. The summed E-state index contributed by atoms with van der Waals surface area (Å²) < 4.78 is 11.0. The number of non-ortho nitro benzene ring substituents is 1. The highest BCUT2D eigenvalue weighted by Crippen LogP contribution is 2.32. The molecular formula is C14H20N2O4. The number of nitrogens with zero attached hydrogens (tertiary/aromatic N) is 1. The Hall–Kier alpha value is -1.82. The molecular weight excluding hydrogens is 260 g/mol. The van der Waals surface area contributed by atoms with Crippen molar-refractivity contribution in [1.29, 1.82) is 0 Å². The van der Waals surface area contributed by atoms with Crippen molar-refractivity contribution >= 4 is 5.69 Å². The second-order valence-corrected chi connectivity index (χ2v) is 5.06. The van der Waals surface area contributed by atoms with Crippen LogP contribution in [0.2, 0.25) is 0 Å². The van der Waals surface area contributed by atoms with Crippen LogP contribution < -0.4 is 15.2 Å². The van der Waals surface area contributed by atoms with Crippen molar-refractivity contribution in [3.05, 3.63) is 28.3 Å². The van der Waals surface area contributed by atoms with Crippen molar-refractivity contribution in [2.45, 2.75) is 31.8 Å². The minimum absolute atomic E-state index is 0.0282. The van der Waals surface area contributed by atoms with Crippen LogP contribution in [-0.4, -0.2) is 24.7 Å². The quantitative estimate of drug-likeness (QED) is 0.661. The molecule has 2 atom stereocenters. The molecule has 0 amide bonds. The Kier molecular flexibility index (Phi) is 4.79. The topological polar surface area (TPSA) is 87.6 Å². The van der Waals surface area contributed by atoms with Gasteiger partial charge in [-0.2, -0.15) is 0 Å². The van der Waals surface area contributed by atoms with Crippen LogP contribution in [-0.2, 0) is 0 Å². The fraction of sp³-hybridized carbons (Fsp3) is 0.571. The molecule has 110 valence electrons. The molecule has 1 saturated carbocycles. The minimum atomic E-state index is -0.448. The van der Waals surface area contributed by atoms with Crippen LogP contribution in [0.3, 0.4) is 0 Å².